The summed E-state index contributed by atoms with van der Waals surface area (Å²) >= 11 is 3.37. The molecule has 0 saturated carbocycles. The van der Waals surface area contributed by atoms with Crippen molar-refractivity contribution in [3.8, 4) is 0 Å². The average Bonchev–Trinajstić information content (AvgIpc) is 2.76. The maximum atomic E-state index is 11.9. The fourth-order valence-electron chi connectivity index (χ4n) is 1.96. The number of benzene rings is 1. The Morgan fingerprint density at radius 1 is 1.47 bits per heavy atom. The Bertz CT molecular complexity index is 396. The molecule has 2 rings (SSSR count). The number of nitrogens with one attached hydrogen (secondary N) is 1. The van der Waals surface area contributed by atoms with Crippen molar-refractivity contribution in [1.29, 1.82) is 0 Å². The molecule has 0 amide bonds. The van der Waals surface area contributed by atoms with Gasteiger partial charge in [0.2, 0.25) is 0 Å². The lowest BCUT2D eigenvalue weighted by molar-refractivity contribution is -0.151. The van der Waals surface area contributed by atoms with E-state index in [1.54, 1.807) is 0 Å². The molecule has 1 fully saturated rings. The Labute approximate surface area is 110 Å². The first-order chi connectivity index (χ1) is 8.10. The molecule has 1 saturated heterocycles. The van der Waals surface area contributed by atoms with Crippen molar-refractivity contribution in [3.63, 3.8) is 0 Å². The quantitative estimate of drug-likeness (QED) is 0.872. The molecular weight excluding hydrogens is 282 g/mol. The molecule has 92 valence electrons. The highest BCUT2D eigenvalue weighted by Crippen LogP contribution is 2.21. The van der Waals surface area contributed by atoms with E-state index in [-0.39, 0.29) is 5.97 Å². The van der Waals surface area contributed by atoms with E-state index >= 15 is 0 Å². The van der Waals surface area contributed by atoms with E-state index in [0.29, 0.717) is 6.61 Å². The fourth-order valence-corrected chi connectivity index (χ4v) is 2.22. The van der Waals surface area contributed by atoms with Crippen molar-refractivity contribution in [1.82, 2.24) is 5.32 Å². The highest BCUT2D eigenvalue weighted by molar-refractivity contribution is 9.10. The Kier molecular flexibility index (Phi) is 3.84. The van der Waals surface area contributed by atoms with Crippen LogP contribution in [0.2, 0.25) is 0 Å². The third kappa shape index (κ3) is 3.07. The maximum absolute atomic E-state index is 11.9. The first kappa shape index (κ1) is 12.6. The molecule has 0 aliphatic carbocycles. The number of hydrogen-bond acceptors (Lipinski definition) is 3. The number of carbonyl (C=O) groups excluding carboxylic acids is 1. The summed E-state index contributed by atoms with van der Waals surface area (Å²) in [4.78, 5) is 11.9. The predicted molar refractivity (Wildman–Crippen MR) is 69.6 cm³/mol. The molecule has 0 spiro atoms. The Balaban J connectivity index is 1.89. The maximum Gasteiger partial charge on any atom is 0.326 e. The van der Waals surface area contributed by atoms with Crippen molar-refractivity contribution in [2.75, 3.05) is 6.54 Å². The first-order valence-corrected chi connectivity index (χ1v) is 6.56. The van der Waals surface area contributed by atoms with E-state index in [2.05, 4.69) is 21.2 Å². The van der Waals surface area contributed by atoms with Gasteiger partial charge in [0.25, 0.3) is 0 Å². The molecule has 1 aromatic rings. The minimum atomic E-state index is -0.491. The summed E-state index contributed by atoms with van der Waals surface area (Å²) in [7, 11) is 0. The molecule has 1 aliphatic heterocycles. The highest BCUT2D eigenvalue weighted by atomic mass is 79.9. The lowest BCUT2D eigenvalue weighted by Gasteiger charge is -2.21. The van der Waals surface area contributed by atoms with Crippen LogP contribution in [0.1, 0.15) is 25.3 Å². The summed E-state index contributed by atoms with van der Waals surface area (Å²) in [5, 5.41) is 3.20. The number of rotatable bonds is 3. The average molecular weight is 298 g/mol. The SMILES string of the molecule is CC1(C(=O)OCc2ccc(Br)cc2)CCCN1. The second-order valence-electron chi connectivity index (χ2n) is 4.57. The van der Waals surface area contributed by atoms with Gasteiger partial charge in [0.05, 0.1) is 0 Å². The molecular formula is C13H16BrNO2. The van der Waals surface area contributed by atoms with Crippen LogP contribution in [0.3, 0.4) is 0 Å². The van der Waals surface area contributed by atoms with E-state index in [1.165, 1.54) is 0 Å². The van der Waals surface area contributed by atoms with Crippen molar-refractivity contribution in [2.24, 2.45) is 0 Å². The molecule has 1 unspecified atom stereocenters. The van der Waals surface area contributed by atoms with Crippen LogP contribution in [-0.4, -0.2) is 18.1 Å². The van der Waals surface area contributed by atoms with Gasteiger partial charge >= 0.3 is 5.97 Å². The molecule has 0 aromatic heterocycles. The third-order valence-electron chi connectivity index (χ3n) is 3.10. The smallest absolute Gasteiger partial charge is 0.326 e. The second kappa shape index (κ2) is 5.19. The number of halogens is 1. The van der Waals surface area contributed by atoms with E-state index in [9.17, 15) is 4.79 Å². The summed E-state index contributed by atoms with van der Waals surface area (Å²) in [6, 6.07) is 7.78. The zero-order chi connectivity index (χ0) is 12.3. The Morgan fingerprint density at radius 3 is 2.76 bits per heavy atom. The molecule has 1 aliphatic rings. The van der Waals surface area contributed by atoms with Crippen LogP contribution >= 0.6 is 15.9 Å². The number of carbonyl (C=O) groups is 1. The molecule has 1 heterocycles. The summed E-state index contributed by atoms with van der Waals surface area (Å²) in [5.41, 5.74) is 0.512. The van der Waals surface area contributed by atoms with Gasteiger partial charge in [-0.3, -0.25) is 4.79 Å². The van der Waals surface area contributed by atoms with E-state index in [1.807, 2.05) is 31.2 Å². The van der Waals surface area contributed by atoms with Crippen LogP contribution in [0.15, 0.2) is 28.7 Å². The summed E-state index contributed by atoms with van der Waals surface area (Å²) in [6.45, 7) is 3.14. The Morgan fingerprint density at radius 2 is 2.18 bits per heavy atom. The number of ether oxygens (including phenoxy) is 1. The Hall–Kier alpha value is -0.870. The van der Waals surface area contributed by atoms with Crippen LogP contribution in [-0.2, 0) is 16.1 Å². The lowest BCUT2D eigenvalue weighted by Crippen LogP contribution is -2.45. The van der Waals surface area contributed by atoms with Crippen LogP contribution in [0.5, 0.6) is 0 Å². The van der Waals surface area contributed by atoms with Gasteiger partial charge in [-0.15, -0.1) is 0 Å². The van der Waals surface area contributed by atoms with E-state index in [0.717, 1.165) is 29.4 Å². The standard InChI is InChI=1S/C13H16BrNO2/c1-13(7-2-8-15-13)12(16)17-9-10-3-5-11(14)6-4-10/h3-6,15H,2,7-9H2,1H3. The van der Waals surface area contributed by atoms with Gasteiger partial charge in [-0.05, 0) is 44.0 Å². The molecule has 4 heteroatoms. The summed E-state index contributed by atoms with van der Waals surface area (Å²) < 4.78 is 6.36. The van der Waals surface area contributed by atoms with Crippen LogP contribution in [0, 0.1) is 0 Å². The van der Waals surface area contributed by atoms with Gasteiger partial charge in [-0.2, -0.15) is 0 Å². The monoisotopic (exact) mass is 297 g/mol. The highest BCUT2D eigenvalue weighted by Gasteiger charge is 2.37. The van der Waals surface area contributed by atoms with Crippen LogP contribution in [0.4, 0.5) is 0 Å². The van der Waals surface area contributed by atoms with Gasteiger partial charge in [0.1, 0.15) is 12.1 Å². The molecule has 1 atom stereocenters. The van der Waals surface area contributed by atoms with E-state index in [4.69, 9.17) is 4.74 Å². The topological polar surface area (TPSA) is 38.3 Å². The van der Waals surface area contributed by atoms with Gasteiger partial charge in [-0.1, -0.05) is 28.1 Å². The first-order valence-electron chi connectivity index (χ1n) is 5.77. The zero-order valence-electron chi connectivity index (χ0n) is 9.83. The van der Waals surface area contributed by atoms with Gasteiger partial charge in [0, 0.05) is 4.47 Å². The minimum absolute atomic E-state index is 0.155. The van der Waals surface area contributed by atoms with Crippen molar-refractivity contribution in [2.45, 2.75) is 31.9 Å². The van der Waals surface area contributed by atoms with E-state index < -0.39 is 5.54 Å². The second-order valence-corrected chi connectivity index (χ2v) is 5.48. The molecule has 0 radical (unpaired) electrons. The number of hydrogen-bond donors (Lipinski definition) is 1. The fraction of sp³-hybridized carbons (Fsp3) is 0.462. The lowest BCUT2D eigenvalue weighted by atomic mass is 10.0. The largest absolute Gasteiger partial charge is 0.459 e. The van der Waals surface area contributed by atoms with Gasteiger partial charge in [-0.25, -0.2) is 0 Å². The van der Waals surface area contributed by atoms with Gasteiger partial charge < -0.3 is 10.1 Å². The summed E-state index contributed by atoms with van der Waals surface area (Å²) in [6.07, 6.45) is 1.88. The third-order valence-corrected chi connectivity index (χ3v) is 3.63. The predicted octanol–water partition coefficient (Wildman–Crippen LogP) is 2.63. The molecule has 0 bridgehead atoms. The summed E-state index contributed by atoms with van der Waals surface area (Å²) in [5.74, 6) is -0.155. The number of esters is 1. The normalized spacial score (nSPS) is 23.6. The van der Waals surface area contributed by atoms with Crippen molar-refractivity contribution < 1.29 is 9.53 Å². The molecule has 3 nitrogen and oxygen atoms in total. The molecule has 1 aromatic carbocycles. The van der Waals surface area contributed by atoms with Crippen LogP contribution in [0.25, 0.3) is 0 Å². The van der Waals surface area contributed by atoms with Gasteiger partial charge in [0.15, 0.2) is 0 Å². The van der Waals surface area contributed by atoms with Crippen molar-refractivity contribution >= 4 is 21.9 Å². The van der Waals surface area contributed by atoms with Crippen molar-refractivity contribution in [3.05, 3.63) is 34.3 Å². The molecule has 1 N–H and O–H groups in total. The zero-order valence-corrected chi connectivity index (χ0v) is 11.4. The minimum Gasteiger partial charge on any atom is -0.459 e. The van der Waals surface area contributed by atoms with Crippen LogP contribution < -0.4 is 5.32 Å². The molecule has 17 heavy (non-hydrogen) atoms.